The van der Waals surface area contributed by atoms with Gasteiger partial charge in [-0.1, -0.05) is 43.2 Å². The van der Waals surface area contributed by atoms with Crippen molar-refractivity contribution < 1.29 is 9.90 Å². The minimum absolute atomic E-state index is 0.323. The Balaban J connectivity index is 2.70. The molecule has 1 N–H and O–H groups in total. The molecular formula is C15H23NO2. The van der Waals surface area contributed by atoms with Crippen LogP contribution in [0.15, 0.2) is 18.2 Å². The third kappa shape index (κ3) is 4.49. The van der Waals surface area contributed by atoms with Crippen LogP contribution in [-0.4, -0.2) is 29.1 Å². The summed E-state index contributed by atoms with van der Waals surface area (Å²) in [5.41, 5.74) is 3.77. The Morgan fingerprint density at radius 1 is 1.28 bits per heavy atom. The lowest BCUT2D eigenvalue weighted by atomic mass is 10.1. The summed E-state index contributed by atoms with van der Waals surface area (Å²) in [4.78, 5) is 13.1. The molecule has 0 aliphatic rings. The fourth-order valence-electron chi connectivity index (χ4n) is 2.19. The first-order chi connectivity index (χ1) is 8.42. The Morgan fingerprint density at radius 2 is 1.83 bits per heavy atom. The Labute approximate surface area is 109 Å². The van der Waals surface area contributed by atoms with Crippen molar-refractivity contribution in [2.75, 3.05) is 13.1 Å². The molecule has 0 bridgehead atoms. The SMILES string of the molecule is CCN(Cc1cc(C)cc(C)c1)CC(C)C(=O)O. The highest BCUT2D eigenvalue weighted by Crippen LogP contribution is 2.12. The lowest BCUT2D eigenvalue weighted by Gasteiger charge is -2.23. The van der Waals surface area contributed by atoms with Crippen LogP contribution in [-0.2, 0) is 11.3 Å². The molecule has 1 atom stereocenters. The molecule has 0 saturated carbocycles. The van der Waals surface area contributed by atoms with Crippen molar-refractivity contribution >= 4 is 5.97 Å². The van der Waals surface area contributed by atoms with Gasteiger partial charge < -0.3 is 5.11 Å². The molecule has 0 aliphatic heterocycles. The summed E-state index contributed by atoms with van der Waals surface area (Å²) in [5, 5.41) is 8.95. The second kappa shape index (κ2) is 6.55. The molecule has 1 rings (SSSR count). The largest absolute Gasteiger partial charge is 0.481 e. The molecule has 3 nitrogen and oxygen atoms in total. The number of aryl methyl sites for hydroxylation is 2. The molecule has 0 heterocycles. The van der Waals surface area contributed by atoms with Crippen molar-refractivity contribution in [2.24, 2.45) is 5.92 Å². The molecule has 1 aromatic carbocycles. The first-order valence-corrected chi connectivity index (χ1v) is 6.44. The fourth-order valence-corrected chi connectivity index (χ4v) is 2.19. The maximum absolute atomic E-state index is 10.9. The quantitative estimate of drug-likeness (QED) is 0.842. The van der Waals surface area contributed by atoms with Crippen molar-refractivity contribution in [2.45, 2.75) is 34.2 Å². The van der Waals surface area contributed by atoms with Gasteiger partial charge in [-0.15, -0.1) is 0 Å². The van der Waals surface area contributed by atoms with E-state index < -0.39 is 5.97 Å². The van der Waals surface area contributed by atoms with Gasteiger partial charge in [-0.25, -0.2) is 0 Å². The summed E-state index contributed by atoms with van der Waals surface area (Å²) in [6, 6.07) is 6.49. The van der Waals surface area contributed by atoms with Gasteiger partial charge in [0.1, 0.15) is 0 Å². The van der Waals surface area contributed by atoms with Gasteiger partial charge >= 0.3 is 5.97 Å². The van der Waals surface area contributed by atoms with Crippen molar-refractivity contribution in [3.8, 4) is 0 Å². The van der Waals surface area contributed by atoms with Gasteiger partial charge in [0.2, 0.25) is 0 Å². The van der Waals surface area contributed by atoms with Crippen LogP contribution in [0.5, 0.6) is 0 Å². The minimum atomic E-state index is -0.728. The van der Waals surface area contributed by atoms with Crippen molar-refractivity contribution in [3.05, 3.63) is 34.9 Å². The highest BCUT2D eigenvalue weighted by Gasteiger charge is 2.15. The molecular weight excluding hydrogens is 226 g/mol. The number of aliphatic carboxylic acids is 1. The first kappa shape index (κ1) is 14.7. The fraction of sp³-hybridized carbons (Fsp3) is 0.533. The zero-order valence-corrected chi connectivity index (χ0v) is 11.7. The second-order valence-electron chi connectivity index (χ2n) is 5.06. The van der Waals surface area contributed by atoms with Gasteiger partial charge in [0.25, 0.3) is 0 Å². The molecule has 0 radical (unpaired) electrons. The molecule has 100 valence electrons. The Kier molecular flexibility index (Phi) is 5.35. The summed E-state index contributed by atoms with van der Waals surface area (Å²) >= 11 is 0. The average Bonchev–Trinajstić information content (AvgIpc) is 2.26. The van der Waals surface area contributed by atoms with Crippen LogP contribution in [0.25, 0.3) is 0 Å². The third-order valence-corrected chi connectivity index (χ3v) is 3.09. The summed E-state index contributed by atoms with van der Waals surface area (Å²) in [6.07, 6.45) is 0. The van der Waals surface area contributed by atoms with Gasteiger partial charge in [0.05, 0.1) is 5.92 Å². The van der Waals surface area contributed by atoms with Crippen molar-refractivity contribution in [1.82, 2.24) is 4.90 Å². The number of hydrogen-bond acceptors (Lipinski definition) is 2. The maximum Gasteiger partial charge on any atom is 0.307 e. The first-order valence-electron chi connectivity index (χ1n) is 6.44. The molecule has 0 spiro atoms. The molecule has 18 heavy (non-hydrogen) atoms. The molecule has 0 aromatic heterocycles. The van der Waals surface area contributed by atoms with Crippen molar-refractivity contribution in [1.29, 1.82) is 0 Å². The summed E-state index contributed by atoms with van der Waals surface area (Å²) in [5.74, 6) is -1.05. The van der Waals surface area contributed by atoms with Gasteiger partial charge in [0.15, 0.2) is 0 Å². The Hall–Kier alpha value is -1.35. The van der Waals surface area contributed by atoms with Gasteiger partial charge in [-0.2, -0.15) is 0 Å². The van der Waals surface area contributed by atoms with E-state index in [9.17, 15) is 4.79 Å². The Morgan fingerprint density at radius 3 is 2.28 bits per heavy atom. The smallest absolute Gasteiger partial charge is 0.307 e. The van der Waals surface area contributed by atoms with E-state index >= 15 is 0 Å². The van der Waals surface area contributed by atoms with Crippen LogP contribution in [0, 0.1) is 19.8 Å². The van der Waals surface area contributed by atoms with E-state index in [4.69, 9.17) is 5.11 Å². The van der Waals surface area contributed by atoms with Crippen LogP contribution >= 0.6 is 0 Å². The van der Waals surface area contributed by atoms with Crippen LogP contribution in [0.2, 0.25) is 0 Å². The number of rotatable bonds is 6. The highest BCUT2D eigenvalue weighted by molar-refractivity contribution is 5.69. The number of hydrogen-bond donors (Lipinski definition) is 1. The van der Waals surface area contributed by atoms with Crippen LogP contribution in [0.1, 0.15) is 30.5 Å². The molecule has 0 aliphatic carbocycles. The van der Waals surface area contributed by atoms with E-state index in [1.807, 2.05) is 0 Å². The minimum Gasteiger partial charge on any atom is -0.481 e. The molecule has 0 saturated heterocycles. The number of benzene rings is 1. The van der Waals surface area contributed by atoms with Crippen molar-refractivity contribution in [3.63, 3.8) is 0 Å². The van der Waals surface area contributed by atoms with Gasteiger partial charge in [-0.05, 0) is 26.0 Å². The van der Waals surface area contributed by atoms with Crippen LogP contribution < -0.4 is 0 Å². The van der Waals surface area contributed by atoms with E-state index in [1.54, 1.807) is 6.92 Å². The second-order valence-corrected chi connectivity index (χ2v) is 5.06. The zero-order valence-electron chi connectivity index (χ0n) is 11.7. The Bertz CT molecular complexity index is 395. The predicted octanol–water partition coefficient (Wildman–Crippen LogP) is 2.85. The van der Waals surface area contributed by atoms with E-state index in [0.29, 0.717) is 6.54 Å². The van der Waals surface area contributed by atoms with E-state index in [-0.39, 0.29) is 5.92 Å². The number of carboxylic acids is 1. The standard InChI is InChI=1S/C15H23NO2/c1-5-16(9-13(4)15(17)18)10-14-7-11(2)6-12(3)8-14/h6-8,13H,5,9-10H2,1-4H3,(H,17,18). The predicted molar refractivity (Wildman–Crippen MR) is 73.7 cm³/mol. The van der Waals surface area contributed by atoms with Gasteiger partial charge in [0, 0.05) is 13.1 Å². The number of carbonyl (C=O) groups is 1. The zero-order chi connectivity index (χ0) is 13.7. The summed E-state index contributed by atoms with van der Waals surface area (Å²) < 4.78 is 0. The molecule has 1 aromatic rings. The van der Waals surface area contributed by atoms with E-state index in [2.05, 4.69) is 43.9 Å². The van der Waals surface area contributed by atoms with Crippen LogP contribution in [0.3, 0.4) is 0 Å². The molecule has 3 heteroatoms. The number of nitrogens with zero attached hydrogens (tertiary/aromatic N) is 1. The molecule has 1 unspecified atom stereocenters. The lowest BCUT2D eigenvalue weighted by Crippen LogP contribution is -2.31. The maximum atomic E-state index is 10.9. The van der Waals surface area contributed by atoms with E-state index in [1.165, 1.54) is 16.7 Å². The number of carboxylic acid groups (broad SMARTS) is 1. The van der Waals surface area contributed by atoms with Gasteiger partial charge in [-0.3, -0.25) is 9.69 Å². The molecule has 0 fully saturated rings. The average molecular weight is 249 g/mol. The third-order valence-electron chi connectivity index (χ3n) is 3.09. The lowest BCUT2D eigenvalue weighted by molar-refractivity contribution is -0.141. The summed E-state index contributed by atoms with van der Waals surface area (Å²) in [6.45, 7) is 10.3. The van der Waals surface area contributed by atoms with E-state index in [0.717, 1.165) is 13.1 Å². The van der Waals surface area contributed by atoms with Crippen LogP contribution in [0.4, 0.5) is 0 Å². The highest BCUT2D eigenvalue weighted by atomic mass is 16.4. The normalized spacial score (nSPS) is 12.7. The molecule has 0 amide bonds. The summed E-state index contributed by atoms with van der Waals surface area (Å²) in [7, 11) is 0. The topological polar surface area (TPSA) is 40.5 Å². The monoisotopic (exact) mass is 249 g/mol.